The van der Waals surface area contributed by atoms with Gasteiger partial charge in [-0.2, -0.15) is 0 Å². The van der Waals surface area contributed by atoms with Gasteiger partial charge < -0.3 is 15.6 Å². The summed E-state index contributed by atoms with van der Waals surface area (Å²) in [5, 5.41) is 4.96. The second kappa shape index (κ2) is 6.97. The molecular formula is C17H17F4N3O2. The predicted molar refractivity (Wildman–Crippen MR) is 86.8 cm³/mol. The minimum absolute atomic E-state index is 0.100. The van der Waals surface area contributed by atoms with Crippen LogP contribution in [0, 0.1) is 17.6 Å². The largest absolute Gasteiger partial charge is 0.359 e. The zero-order valence-electron chi connectivity index (χ0n) is 13.7. The van der Waals surface area contributed by atoms with Crippen LogP contribution in [0.2, 0.25) is 0 Å². The van der Waals surface area contributed by atoms with Crippen LogP contribution in [-0.4, -0.2) is 29.3 Å². The first-order valence-corrected chi connectivity index (χ1v) is 8.18. The van der Waals surface area contributed by atoms with E-state index < -0.39 is 29.4 Å². The maximum atomic E-state index is 13.3. The van der Waals surface area contributed by atoms with E-state index in [2.05, 4.69) is 15.6 Å². The van der Waals surface area contributed by atoms with E-state index >= 15 is 0 Å². The topological polar surface area (TPSA) is 74.0 Å². The number of hydrogen-bond donors (Lipinski definition) is 3. The molecule has 0 unspecified atom stereocenters. The number of aromatic amines is 1. The third-order valence-electron chi connectivity index (χ3n) is 4.57. The molecule has 1 aliphatic carbocycles. The molecule has 3 rings (SSSR count). The second-order valence-corrected chi connectivity index (χ2v) is 6.48. The number of carbonyl (C=O) groups excluding carboxylic acids is 2. The van der Waals surface area contributed by atoms with Gasteiger partial charge in [-0.1, -0.05) is 0 Å². The van der Waals surface area contributed by atoms with Crippen molar-refractivity contribution < 1.29 is 27.2 Å². The number of benzene rings is 1. The molecule has 0 spiro atoms. The number of rotatable bonds is 3. The summed E-state index contributed by atoms with van der Waals surface area (Å²) in [5.74, 6) is -6.76. The van der Waals surface area contributed by atoms with Crippen LogP contribution in [0.1, 0.15) is 25.7 Å². The molecule has 1 aromatic heterocycles. The van der Waals surface area contributed by atoms with Crippen LogP contribution in [0.25, 0.3) is 10.9 Å². The lowest BCUT2D eigenvalue weighted by Crippen LogP contribution is -2.39. The van der Waals surface area contributed by atoms with E-state index in [-0.39, 0.29) is 54.7 Å². The molecule has 0 radical (unpaired) electrons. The molecule has 1 fully saturated rings. The van der Waals surface area contributed by atoms with Crippen LogP contribution >= 0.6 is 0 Å². The molecule has 140 valence electrons. The van der Waals surface area contributed by atoms with Gasteiger partial charge in [0.25, 0.3) is 0 Å². The highest BCUT2D eigenvalue weighted by Crippen LogP contribution is 2.35. The predicted octanol–water partition coefficient (Wildman–Crippen LogP) is 3.33. The van der Waals surface area contributed by atoms with Crippen molar-refractivity contribution in [3.05, 3.63) is 30.0 Å². The van der Waals surface area contributed by atoms with Gasteiger partial charge in [-0.05, 0) is 24.8 Å². The van der Waals surface area contributed by atoms with Crippen LogP contribution in [0.4, 0.5) is 23.2 Å². The minimum atomic E-state index is -2.65. The molecule has 0 atom stereocenters. The smallest absolute Gasteiger partial charge is 0.313 e. The molecule has 1 aliphatic rings. The van der Waals surface area contributed by atoms with Crippen LogP contribution in [0.5, 0.6) is 0 Å². The number of alkyl halides is 2. The molecule has 2 aromatic rings. The van der Waals surface area contributed by atoms with Crippen molar-refractivity contribution in [3.8, 4) is 0 Å². The Balaban J connectivity index is 1.56. The van der Waals surface area contributed by atoms with E-state index in [4.69, 9.17) is 0 Å². The molecule has 0 saturated heterocycles. The van der Waals surface area contributed by atoms with Gasteiger partial charge in [0.05, 0.1) is 11.2 Å². The summed E-state index contributed by atoms with van der Waals surface area (Å²) in [7, 11) is 0. The zero-order chi connectivity index (χ0) is 18.9. The first kappa shape index (κ1) is 18.2. The Bertz CT molecular complexity index is 840. The van der Waals surface area contributed by atoms with Gasteiger partial charge in [0.1, 0.15) is 0 Å². The summed E-state index contributed by atoms with van der Waals surface area (Å²) in [5.41, 5.74) is 0.402. The highest BCUT2D eigenvalue weighted by atomic mass is 19.3. The number of hydrogen-bond acceptors (Lipinski definition) is 2. The molecule has 9 heteroatoms. The van der Waals surface area contributed by atoms with Crippen molar-refractivity contribution >= 4 is 28.4 Å². The highest BCUT2D eigenvalue weighted by molar-refractivity contribution is 6.40. The van der Waals surface area contributed by atoms with Crippen molar-refractivity contribution in [2.75, 3.05) is 11.9 Å². The lowest BCUT2D eigenvalue weighted by atomic mass is 9.87. The number of halogens is 4. The van der Waals surface area contributed by atoms with Gasteiger partial charge >= 0.3 is 11.8 Å². The summed E-state index contributed by atoms with van der Waals surface area (Å²) in [6.45, 7) is 0.135. The Hall–Kier alpha value is -2.58. The number of aromatic nitrogens is 1. The van der Waals surface area contributed by atoms with E-state index in [0.717, 1.165) is 12.1 Å². The lowest BCUT2D eigenvalue weighted by molar-refractivity contribution is -0.136. The van der Waals surface area contributed by atoms with E-state index in [9.17, 15) is 27.2 Å². The van der Waals surface area contributed by atoms with E-state index in [1.165, 1.54) is 6.20 Å². The number of anilines is 1. The SMILES string of the molecule is O=C(NCC1CCC(F)(F)CC1)C(=O)Nc1c[nH]c2cc(F)c(F)cc12. The number of H-pyrrole nitrogens is 1. The Kier molecular flexibility index (Phi) is 4.88. The van der Waals surface area contributed by atoms with Gasteiger partial charge in [-0.15, -0.1) is 0 Å². The van der Waals surface area contributed by atoms with Crippen molar-refractivity contribution in [3.63, 3.8) is 0 Å². The molecule has 0 bridgehead atoms. The van der Waals surface area contributed by atoms with Gasteiger partial charge in [0, 0.05) is 37.0 Å². The van der Waals surface area contributed by atoms with Crippen LogP contribution < -0.4 is 10.6 Å². The quantitative estimate of drug-likeness (QED) is 0.572. The fourth-order valence-corrected chi connectivity index (χ4v) is 3.02. The summed E-state index contributed by atoms with van der Waals surface area (Å²) in [6, 6.07) is 1.86. The lowest BCUT2D eigenvalue weighted by Gasteiger charge is -2.28. The molecule has 26 heavy (non-hydrogen) atoms. The second-order valence-electron chi connectivity index (χ2n) is 6.48. The number of carbonyl (C=O) groups is 2. The van der Waals surface area contributed by atoms with Gasteiger partial charge in [-0.3, -0.25) is 9.59 Å². The Morgan fingerprint density at radius 2 is 1.77 bits per heavy atom. The van der Waals surface area contributed by atoms with Crippen LogP contribution in [0.15, 0.2) is 18.3 Å². The third-order valence-corrected chi connectivity index (χ3v) is 4.57. The molecule has 3 N–H and O–H groups in total. The molecule has 1 aromatic carbocycles. The van der Waals surface area contributed by atoms with Crippen LogP contribution in [-0.2, 0) is 9.59 Å². The Morgan fingerprint density at radius 3 is 2.46 bits per heavy atom. The standard InChI is InChI=1S/C17H17F4N3O2/c18-11-5-10-13(6-12(11)19)22-8-14(10)24-16(26)15(25)23-7-9-1-3-17(20,21)4-2-9/h5-6,8-9,22H,1-4,7H2,(H,23,25)(H,24,26). The van der Waals surface area contributed by atoms with Crippen molar-refractivity contribution in [2.24, 2.45) is 5.92 Å². The van der Waals surface area contributed by atoms with Crippen molar-refractivity contribution in [2.45, 2.75) is 31.6 Å². The highest BCUT2D eigenvalue weighted by Gasteiger charge is 2.35. The normalized spacial score (nSPS) is 17.2. The first-order chi connectivity index (χ1) is 12.2. The molecule has 0 aliphatic heterocycles. The number of amides is 2. The summed E-state index contributed by atoms with van der Waals surface area (Å²) in [6.07, 6.45) is 1.43. The third kappa shape index (κ3) is 3.97. The molecular weight excluding hydrogens is 354 g/mol. The first-order valence-electron chi connectivity index (χ1n) is 8.18. The maximum Gasteiger partial charge on any atom is 0.313 e. The molecule has 2 amide bonds. The van der Waals surface area contributed by atoms with Gasteiger partial charge in [0.2, 0.25) is 5.92 Å². The zero-order valence-corrected chi connectivity index (χ0v) is 13.7. The van der Waals surface area contributed by atoms with E-state index in [1.54, 1.807) is 0 Å². The Morgan fingerprint density at radius 1 is 1.12 bits per heavy atom. The van der Waals surface area contributed by atoms with Gasteiger partial charge in [0.15, 0.2) is 11.6 Å². The Labute approximate surface area is 146 Å². The summed E-state index contributed by atoms with van der Waals surface area (Å²) < 4.78 is 52.7. The molecule has 1 heterocycles. The fourth-order valence-electron chi connectivity index (χ4n) is 3.02. The minimum Gasteiger partial charge on any atom is -0.359 e. The molecule has 1 saturated carbocycles. The maximum absolute atomic E-state index is 13.3. The summed E-state index contributed by atoms with van der Waals surface area (Å²) >= 11 is 0. The monoisotopic (exact) mass is 371 g/mol. The van der Waals surface area contributed by atoms with E-state index in [1.807, 2.05) is 0 Å². The number of fused-ring (bicyclic) bond motifs is 1. The van der Waals surface area contributed by atoms with Crippen LogP contribution in [0.3, 0.4) is 0 Å². The van der Waals surface area contributed by atoms with E-state index in [0.29, 0.717) is 0 Å². The average Bonchev–Trinajstić information content (AvgIpc) is 2.95. The average molecular weight is 371 g/mol. The fraction of sp³-hybridized carbons (Fsp3) is 0.412. The van der Waals surface area contributed by atoms with Gasteiger partial charge in [-0.25, -0.2) is 17.6 Å². The van der Waals surface area contributed by atoms with Crippen molar-refractivity contribution in [1.82, 2.24) is 10.3 Å². The summed E-state index contributed by atoms with van der Waals surface area (Å²) in [4.78, 5) is 26.5. The van der Waals surface area contributed by atoms with Crippen molar-refractivity contribution in [1.29, 1.82) is 0 Å². The molecule has 5 nitrogen and oxygen atoms in total. The number of nitrogens with one attached hydrogen (secondary N) is 3.